The van der Waals surface area contributed by atoms with Gasteiger partial charge in [-0.3, -0.25) is 4.68 Å². The van der Waals surface area contributed by atoms with Crippen LogP contribution in [0.25, 0.3) is 0 Å². The van der Waals surface area contributed by atoms with Crippen LogP contribution in [0.5, 0.6) is 0 Å². The van der Waals surface area contributed by atoms with Crippen LogP contribution in [0.1, 0.15) is 59.2 Å². The number of likely N-dealkylation sites (tertiary alicyclic amines) is 1. The van der Waals surface area contributed by atoms with Gasteiger partial charge in [0, 0.05) is 17.8 Å². The van der Waals surface area contributed by atoms with Crippen LogP contribution in [0.3, 0.4) is 0 Å². The van der Waals surface area contributed by atoms with Crippen molar-refractivity contribution in [3.63, 3.8) is 0 Å². The van der Waals surface area contributed by atoms with Crippen molar-refractivity contribution in [1.82, 2.24) is 14.7 Å². The molecule has 1 aromatic heterocycles. The number of aromatic nitrogens is 2. The van der Waals surface area contributed by atoms with Gasteiger partial charge in [-0.05, 0) is 76.4 Å². The number of ether oxygens (including phenoxy) is 1. The third-order valence-corrected chi connectivity index (χ3v) is 4.39. The first-order valence-electron chi connectivity index (χ1n) is 7.72. The van der Waals surface area contributed by atoms with E-state index in [1.54, 1.807) is 0 Å². The van der Waals surface area contributed by atoms with Crippen LogP contribution in [-0.4, -0.2) is 38.5 Å². The highest BCUT2D eigenvalue weighted by Crippen LogP contribution is 2.36. The van der Waals surface area contributed by atoms with Gasteiger partial charge >= 0.3 is 6.09 Å². The number of hydrogen-bond acceptors (Lipinski definition) is 3. The van der Waals surface area contributed by atoms with E-state index >= 15 is 0 Å². The minimum Gasteiger partial charge on any atom is -0.444 e. The van der Waals surface area contributed by atoms with Gasteiger partial charge < -0.3 is 9.64 Å². The third-order valence-electron chi connectivity index (χ3n) is 4.00. The van der Waals surface area contributed by atoms with Crippen molar-refractivity contribution in [2.45, 2.75) is 71.6 Å². The molecular weight excluding hydrogens is 346 g/mol. The molecule has 0 aliphatic carbocycles. The van der Waals surface area contributed by atoms with Crippen molar-refractivity contribution in [3.05, 3.63) is 16.4 Å². The fourth-order valence-corrected chi connectivity index (χ4v) is 3.55. The Balaban J connectivity index is 2.12. The van der Waals surface area contributed by atoms with Crippen LogP contribution in [0, 0.1) is 6.92 Å². The number of rotatable bonds is 1. The topological polar surface area (TPSA) is 47.4 Å². The van der Waals surface area contributed by atoms with Gasteiger partial charge in [0.15, 0.2) is 0 Å². The standard InChI is InChI=1S/C16H26BrN3O2/c1-11-9-13(17)18-20(11)12-7-8-19(16(5,6)10-12)14(21)22-15(2,3)4/h9,12H,7-8,10H2,1-6H3. The summed E-state index contributed by atoms with van der Waals surface area (Å²) in [5.41, 5.74) is 0.419. The number of halogens is 1. The molecule has 1 aromatic rings. The number of nitrogens with zero attached hydrogens (tertiary/aromatic N) is 3. The minimum atomic E-state index is -0.465. The van der Waals surface area contributed by atoms with Gasteiger partial charge in [0.05, 0.1) is 6.04 Å². The third kappa shape index (κ3) is 3.83. The molecule has 0 saturated carbocycles. The second-order valence-corrected chi connectivity index (χ2v) is 8.46. The van der Waals surface area contributed by atoms with Crippen LogP contribution in [0.2, 0.25) is 0 Å². The van der Waals surface area contributed by atoms with Crippen LogP contribution in [0.4, 0.5) is 4.79 Å². The molecule has 2 rings (SSSR count). The number of hydrogen-bond donors (Lipinski definition) is 0. The summed E-state index contributed by atoms with van der Waals surface area (Å²) in [6.07, 6.45) is 1.52. The molecule has 124 valence electrons. The van der Waals surface area contributed by atoms with Crippen molar-refractivity contribution in [1.29, 1.82) is 0 Å². The Labute approximate surface area is 141 Å². The van der Waals surface area contributed by atoms with Crippen molar-refractivity contribution < 1.29 is 9.53 Å². The van der Waals surface area contributed by atoms with Crippen LogP contribution >= 0.6 is 15.9 Å². The van der Waals surface area contributed by atoms with Crippen molar-refractivity contribution in [2.75, 3.05) is 6.54 Å². The first-order chi connectivity index (χ1) is 9.99. The highest BCUT2D eigenvalue weighted by atomic mass is 79.9. The molecule has 1 aliphatic rings. The Hall–Kier alpha value is -1.04. The molecule has 1 fully saturated rings. The van der Waals surface area contributed by atoms with Gasteiger partial charge in [-0.2, -0.15) is 5.10 Å². The van der Waals surface area contributed by atoms with Crippen molar-refractivity contribution >= 4 is 22.0 Å². The van der Waals surface area contributed by atoms with Gasteiger partial charge in [0.2, 0.25) is 0 Å². The molecular formula is C16H26BrN3O2. The normalized spacial score (nSPS) is 21.8. The van der Waals surface area contributed by atoms with Gasteiger partial charge in [-0.1, -0.05) is 0 Å². The molecule has 0 spiro atoms. The highest BCUT2D eigenvalue weighted by Gasteiger charge is 2.40. The molecule has 2 heterocycles. The largest absolute Gasteiger partial charge is 0.444 e. The maximum atomic E-state index is 12.4. The zero-order valence-electron chi connectivity index (χ0n) is 14.3. The Bertz CT molecular complexity index is 560. The lowest BCUT2D eigenvalue weighted by atomic mass is 9.87. The maximum Gasteiger partial charge on any atom is 0.410 e. The Morgan fingerprint density at radius 3 is 2.55 bits per heavy atom. The van der Waals surface area contributed by atoms with E-state index in [9.17, 15) is 4.79 Å². The summed E-state index contributed by atoms with van der Waals surface area (Å²) in [5, 5.41) is 4.53. The van der Waals surface area contributed by atoms with Gasteiger partial charge in [0.1, 0.15) is 10.2 Å². The Morgan fingerprint density at radius 1 is 1.45 bits per heavy atom. The Kier molecular flexibility index (Phi) is 4.62. The first kappa shape index (κ1) is 17.3. The number of piperidine rings is 1. The number of amides is 1. The first-order valence-corrected chi connectivity index (χ1v) is 8.51. The summed E-state index contributed by atoms with van der Waals surface area (Å²) in [7, 11) is 0. The van der Waals surface area contributed by atoms with Gasteiger partial charge in [-0.15, -0.1) is 0 Å². The molecule has 0 aromatic carbocycles. The van der Waals surface area contributed by atoms with Crippen LogP contribution in [0.15, 0.2) is 10.7 Å². The van der Waals surface area contributed by atoms with E-state index in [-0.39, 0.29) is 11.6 Å². The van der Waals surface area contributed by atoms with Crippen LogP contribution < -0.4 is 0 Å². The minimum absolute atomic E-state index is 0.227. The molecule has 1 saturated heterocycles. The summed E-state index contributed by atoms with van der Waals surface area (Å²) in [5.74, 6) is 0. The molecule has 1 amide bonds. The monoisotopic (exact) mass is 371 g/mol. The van der Waals surface area contributed by atoms with Gasteiger partial charge in [0.25, 0.3) is 0 Å². The van der Waals surface area contributed by atoms with E-state index in [1.807, 2.05) is 31.7 Å². The fourth-order valence-electron chi connectivity index (χ4n) is 3.05. The predicted octanol–water partition coefficient (Wildman–Crippen LogP) is 4.30. The summed E-state index contributed by atoms with van der Waals surface area (Å²) in [6.45, 7) is 12.6. The summed E-state index contributed by atoms with van der Waals surface area (Å²) in [6, 6.07) is 2.33. The number of carbonyl (C=O) groups excluding carboxylic acids is 1. The average molecular weight is 372 g/mol. The molecule has 22 heavy (non-hydrogen) atoms. The molecule has 5 nitrogen and oxygen atoms in total. The molecule has 1 unspecified atom stereocenters. The quantitative estimate of drug-likeness (QED) is 0.738. The van der Waals surface area contributed by atoms with E-state index in [0.717, 1.165) is 23.1 Å². The Morgan fingerprint density at radius 2 is 2.09 bits per heavy atom. The van der Waals surface area contributed by atoms with E-state index in [2.05, 4.69) is 46.5 Å². The van der Waals surface area contributed by atoms with E-state index in [0.29, 0.717) is 12.6 Å². The maximum absolute atomic E-state index is 12.4. The molecule has 0 bridgehead atoms. The second kappa shape index (κ2) is 5.87. The zero-order chi connectivity index (χ0) is 16.7. The second-order valence-electron chi connectivity index (χ2n) is 7.64. The average Bonchev–Trinajstić information content (AvgIpc) is 2.64. The highest BCUT2D eigenvalue weighted by molar-refractivity contribution is 9.10. The van der Waals surface area contributed by atoms with E-state index in [4.69, 9.17) is 4.74 Å². The number of carbonyl (C=O) groups is 1. The summed E-state index contributed by atoms with van der Waals surface area (Å²) < 4.78 is 8.47. The lowest BCUT2D eigenvalue weighted by Crippen LogP contribution is -2.54. The van der Waals surface area contributed by atoms with Crippen molar-refractivity contribution in [3.8, 4) is 0 Å². The molecule has 0 radical (unpaired) electrons. The summed E-state index contributed by atoms with van der Waals surface area (Å²) in [4.78, 5) is 14.3. The number of aryl methyl sites for hydroxylation is 1. The molecule has 0 N–H and O–H groups in total. The van der Waals surface area contributed by atoms with E-state index < -0.39 is 5.60 Å². The molecule has 6 heteroatoms. The molecule has 1 atom stereocenters. The lowest BCUT2D eigenvalue weighted by molar-refractivity contribution is -0.0144. The van der Waals surface area contributed by atoms with E-state index in [1.165, 1.54) is 0 Å². The summed E-state index contributed by atoms with van der Waals surface area (Å²) >= 11 is 3.43. The lowest BCUT2D eigenvalue weighted by Gasteiger charge is -2.45. The smallest absolute Gasteiger partial charge is 0.410 e. The zero-order valence-corrected chi connectivity index (χ0v) is 15.9. The SMILES string of the molecule is Cc1cc(Br)nn1C1CCN(C(=O)OC(C)(C)C)C(C)(C)C1. The van der Waals surface area contributed by atoms with Crippen molar-refractivity contribution in [2.24, 2.45) is 0 Å². The van der Waals surface area contributed by atoms with Crippen LogP contribution in [-0.2, 0) is 4.74 Å². The predicted molar refractivity (Wildman–Crippen MR) is 90.0 cm³/mol. The molecule has 1 aliphatic heterocycles. The van der Waals surface area contributed by atoms with Gasteiger partial charge in [-0.25, -0.2) is 4.79 Å². The fraction of sp³-hybridized carbons (Fsp3) is 0.750.